The largest absolute Gasteiger partial charge is 0.416 e. The van der Waals surface area contributed by atoms with Crippen LogP contribution >= 0.6 is 11.6 Å². The van der Waals surface area contributed by atoms with Crippen molar-refractivity contribution < 1.29 is 18.0 Å². The van der Waals surface area contributed by atoms with Crippen LogP contribution < -0.4 is 5.32 Å². The van der Waals surface area contributed by atoms with Gasteiger partial charge in [0.05, 0.1) is 16.3 Å². The van der Waals surface area contributed by atoms with Crippen LogP contribution in [-0.4, -0.2) is 32.4 Å². The second-order valence-electron chi connectivity index (χ2n) is 6.21. The molecule has 0 fully saturated rings. The Morgan fingerprint density at radius 1 is 1.28 bits per heavy atom. The second kappa shape index (κ2) is 8.60. The second-order valence-corrected chi connectivity index (χ2v) is 6.62. The lowest BCUT2D eigenvalue weighted by Gasteiger charge is -2.13. The van der Waals surface area contributed by atoms with Crippen molar-refractivity contribution in [2.45, 2.75) is 25.9 Å². The van der Waals surface area contributed by atoms with Crippen LogP contribution in [0, 0.1) is 0 Å². The third-order valence-corrected chi connectivity index (χ3v) is 4.46. The van der Waals surface area contributed by atoms with Crippen LogP contribution in [0.1, 0.15) is 35.8 Å². The quantitative estimate of drug-likeness (QED) is 0.591. The molecule has 0 unspecified atom stereocenters. The van der Waals surface area contributed by atoms with Crippen molar-refractivity contribution in [1.29, 1.82) is 0 Å². The molecule has 2 heterocycles. The molecule has 6 nitrogen and oxygen atoms in total. The molecule has 0 spiro atoms. The van der Waals surface area contributed by atoms with Crippen molar-refractivity contribution in [2.75, 3.05) is 6.54 Å². The maximum absolute atomic E-state index is 13.2. The predicted molar refractivity (Wildman–Crippen MR) is 102 cm³/mol. The summed E-state index contributed by atoms with van der Waals surface area (Å²) in [6.07, 6.45) is 0.119. The summed E-state index contributed by atoms with van der Waals surface area (Å²) in [5, 5.41) is 10.6. The maximum atomic E-state index is 13.2. The Morgan fingerprint density at radius 3 is 2.72 bits per heavy atom. The number of hydrogen-bond acceptors (Lipinski definition) is 4. The lowest BCUT2D eigenvalue weighted by Crippen LogP contribution is -2.25. The minimum absolute atomic E-state index is 0.0254. The Bertz CT molecular complexity index is 1000. The standard InChI is InChI=1S/C19H17ClF3N5O/c1-2-3-9-25-18(29)16-17(12-5-4-8-24-11-12)28(27-26-16)15-10-13(19(21,22)23)6-7-14(15)20/h4-8,10-11H,2-3,9H2,1H3,(H,25,29). The van der Waals surface area contributed by atoms with E-state index < -0.39 is 17.6 Å². The van der Waals surface area contributed by atoms with E-state index in [0.29, 0.717) is 12.1 Å². The van der Waals surface area contributed by atoms with E-state index in [0.717, 1.165) is 35.7 Å². The summed E-state index contributed by atoms with van der Waals surface area (Å²) in [5.41, 5.74) is -0.290. The predicted octanol–water partition coefficient (Wildman–Crippen LogP) is 4.53. The Labute approximate surface area is 169 Å². The molecule has 2 aromatic heterocycles. The van der Waals surface area contributed by atoms with E-state index in [1.54, 1.807) is 12.1 Å². The fourth-order valence-corrected chi connectivity index (χ4v) is 2.88. The molecule has 0 aliphatic heterocycles. The molecule has 10 heteroatoms. The highest BCUT2D eigenvalue weighted by molar-refractivity contribution is 6.32. The monoisotopic (exact) mass is 423 g/mol. The van der Waals surface area contributed by atoms with Crippen molar-refractivity contribution >= 4 is 17.5 Å². The highest BCUT2D eigenvalue weighted by Crippen LogP contribution is 2.35. The van der Waals surface area contributed by atoms with Crippen LogP contribution in [0.4, 0.5) is 13.2 Å². The lowest BCUT2D eigenvalue weighted by atomic mass is 10.1. The summed E-state index contributed by atoms with van der Waals surface area (Å²) in [5.74, 6) is -0.480. The van der Waals surface area contributed by atoms with Gasteiger partial charge in [-0.1, -0.05) is 30.2 Å². The molecule has 1 aromatic carbocycles. The van der Waals surface area contributed by atoms with Crippen LogP contribution in [0.3, 0.4) is 0 Å². The Hall–Kier alpha value is -2.94. The SMILES string of the molecule is CCCCNC(=O)c1nnn(-c2cc(C(F)(F)F)ccc2Cl)c1-c1cccnc1. The molecule has 152 valence electrons. The number of carbonyl (C=O) groups is 1. The average molecular weight is 424 g/mol. The summed E-state index contributed by atoms with van der Waals surface area (Å²) in [4.78, 5) is 16.6. The van der Waals surface area contributed by atoms with Gasteiger partial charge in [0.2, 0.25) is 0 Å². The van der Waals surface area contributed by atoms with Crippen molar-refractivity contribution in [3.63, 3.8) is 0 Å². The molecular formula is C19H17ClF3N5O. The molecule has 29 heavy (non-hydrogen) atoms. The van der Waals surface area contributed by atoms with Crippen LogP contribution in [0.5, 0.6) is 0 Å². The van der Waals surface area contributed by atoms with E-state index in [4.69, 9.17) is 11.6 Å². The summed E-state index contributed by atoms with van der Waals surface area (Å²) in [6.45, 7) is 2.43. The van der Waals surface area contributed by atoms with Crippen molar-refractivity contribution in [1.82, 2.24) is 25.3 Å². The number of nitrogens with zero attached hydrogens (tertiary/aromatic N) is 4. The number of alkyl halides is 3. The number of unbranched alkanes of at least 4 members (excludes halogenated alkanes) is 1. The molecule has 0 aliphatic rings. The first-order valence-electron chi connectivity index (χ1n) is 8.84. The fraction of sp³-hybridized carbons (Fsp3) is 0.263. The van der Waals surface area contributed by atoms with Gasteiger partial charge in [0.25, 0.3) is 5.91 Å². The smallest absolute Gasteiger partial charge is 0.351 e. The summed E-state index contributed by atoms with van der Waals surface area (Å²) in [6, 6.07) is 6.18. The Kier molecular flexibility index (Phi) is 6.17. The number of carbonyl (C=O) groups excluding carboxylic acids is 1. The molecule has 0 atom stereocenters. The Morgan fingerprint density at radius 2 is 2.07 bits per heavy atom. The third-order valence-electron chi connectivity index (χ3n) is 4.14. The van der Waals surface area contributed by atoms with Gasteiger partial charge in [-0.2, -0.15) is 13.2 Å². The molecule has 0 saturated carbocycles. The van der Waals surface area contributed by atoms with Crippen LogP contribution in [0.2, 0.25) is 5.02 Å². The highest BCUT2D eigenvalue weighted by Gasteiger charge is 2.32. The van der Waals surface area contributed by atoms with Gasteiger partial charge in [0.1, 0.15) is 5.69 Å². The first kappa shape index (κ1) is 20.8. The van der Waals surface area contributed by atoms with Crippen molar-refractivity contribution in [3.8, 4) is 16.9 Å². The first-order valence-corrected chi connectivity index (χ1v) is 9.22. The van der Waals surface area contributed by atoms with E-state index in [-0.39, 0.29) is 22.1 Å². The molecule has 0 saturated heterocycles. The van der Waals surface area contributed by atoms with Crippen molar-refractivity contribution in [3.05, 3.63) is 59.0 Å². The van der Waals surface area contributed by atoms with Gasteiger partial charge in [-0.3, -0.25) is 9.78 Å². The van der Waals surface area contributed by atoms with E-state index >= 15 is 0 Å². The number of aromatic nitrogens is 4. The zero-order valence-corrected chi connectivity index (χ0v) is 16.1. The summed E-state index contributed by atoms with van der Waals surface area (Å²) in [7, 11) is 0. The molecule has 3 rings (SSSR count). The number of halogens is 4. The molecule has 1 amide bonds. The molecule has 1 N–H and O–H groups in total. The number of amides is 1. The van der Waals surface area contributed by atoms with Gasteiger partial charge in [0.15, 0.2) is 5.69 Å². The van der Waals surface area contributed by atoms with Gasteiger partial charge in [-0.05, 0) is 36.8 Å². The number of benzene rings is 1. The van der Waals surface area contributed by atoms with Gasteiger partial charge in [-0.15, -0.1) is 5.10 Å². The number of pyridine rings is 1. The van der Waals surface area contributed by atoms with Crippen LogP contribution in [0.25, 0.3) is 16.9 Å². The van der Waals surface area contributed by atoms with Gasteiger partial charge in [0, 0.05) is 24.5 Å². The highest BCUT2D eigenvalue weighted by atomic mass is 35.5. The third kappa shape index (κ3) is 4.56. The topological polar surface area (TPSA) is 72.7 Å². The van der Waals surface area contributed by atoms with Gasteiger partial charge in [-0.25, -0.2) is 4.68 Å². The fourth-order valence-electron chi connectivity index (χ4n) is 2.68. The van der Waals surface area contributed by atoms with Gasteiger partial charge < -0.3 is 5.32 Å². The van der Waals surface area contributed by atoms with E-state index in [1.807, 2.05) is 6.92 Å². The first-order chi connectivity index (χ1) is 13.8. The molecule has 3 aromatic rings. The van der Waals surface area contributed by atoms with Gasteiger partial charge >= 0.3 is 6.18 Å². The number of nitrogens with one attached hydrogen (secondary N) is 1. The molecule has 0 bridgehead atoms. The maximum Gasteiger partial charge on any atom is 0.416 e. The summed E-state index contributed by atoms with van der Waals surface area (Å²) >= 11 is 6.16. The minimum atomic E-state index is -4.56. The normalized spacial score (nSPS) is 11.5. The molecule has 0 aliphatic carbocycles. The number of rotatable bonds is 6. The van der Waals surface area contributed by atoms with E-state index in [1.165, 1.54) is 12.4 Å². The van der Waals surface area contributed by atoms with Crippen LogP contribution in [-0.2, 0) is 6.18 Å². The summed E-state index contributed by atoms with van der Waals surface area (Å²) < 4.78 is 40.7. The lowest BCUT2D eigenvalue weighted by molar-refractivity contribution is -0.137. The van der Waals surface area contributed by atoms with E-state index in [9.17, 15) is 18.0 Å². The Balaban J connectivity index is 2.15. The zero-order chi connectivity index (χ0) is 21.0. The average Bonchev–Trinajstić information content (AvgIpc) is 3.13. The van der Waals surface area contributed by atoms with Crippen molar-refractivity contribution in [2.24, 2.45) is 0 Å². The minimum Gasteiger partial charge on any atom is -0.351 e. The van der Waals surface area contributed by atoms with E-state index in [2.05, 4.69) is 20.6 Å². The van der Waals surface area contributed by atoms with Crippen LogP contribution in [0.15, 0.2) is 42.7 Å². The molecule has 0 radical (unpaired) electrons. The zero-order valence-electron chi connectivity index (χ0n) is 15.4. The molecular weight excluding hydrogens is 407 g/mol. The number of hydrogen-bond donors (Lipinski definition) is 1.